The van der Waals surface area contributed by atoms with Gasteiger partial charge in [-0.15, -0.1) is 11.3 Å². The molecular formula is C12H17BrN4OS. The third-order valence-electron chi connectivity index (χ3n) is 2.75. The Morgan fingerprint density at radius 2 is 2.37 bits per heavy atom. The molecule has 1 atom stereocenters. The molecule has 104 valence electrons. The largest absolute Gasteiger partial charge is 0.383 e. The lowest BCUT2D eigenvalue weighted by atomic mass is 10.1. The summed E-state index contributed by atoms with van der Waals surface area (Å²) in [5.74, 6) is 0. The van der Waals surface area contributed by atoms with E-state index in [1.165, 1.54) is 0 Å². The smallest absolute Gasteiger partial charge is 0.0947 e. The maximum atomic E-state index is 6.29. The van der Waals surface area contributed by atoms with E-state index < -0.39 is 0 Å². The molecule has 0 radical (unpaired) electrons. The summed E-state index contributed by atoms with van der Waals surface area (Å²) in [7, 11) is 1.68. The molecule has 0 aromatic carbocycles. The average molecular weight is 345 g/mol. The number of hydrogen-bond donors (Lipinski definition) is 1. The number of halogens is 1. The molecule has 2 aromatic rings. The fraction of sp³-hybridized carbons (Fsp3) is 0.500. The molecule has 0 aliphatic rings. The van der Waals surface area contributed by atoms with E-state index in [9.17, 15) is 0 Å². The Morgan fingerprint density at radius 3 is 3.00 bits per heavy atom. The van der Waals surface area contributed by atoms with E-state index in [1.807, 2.05) is 17.0 Å². The third kappa shape index (κ3) is 3.62. The van der Waals surface area contributed by atoms with E-state index in [0.29, 0.717) is 13.2 Å². The van der Waals surface area contributed by atoms with Crippen molar-refractivity contribution in [2.24, 2.45) is 5.73 Å². The monoisotopic (exact) mass is 344 g/mol. The number of nitrogens with zero attached hydrogens (tertiary/aromatic N) is 3. The highest BCUT2D eigenvalue weighted by molar-refractivity contribution is 9.10. The van der Waals surface area contributed by atoms with Crippen molar-refractivity contribution in [1.82, 2.24) is 14.8 Å². The Hall–Kier alpha value is -0.760. The van der Waals surface area contributed by atoms with Crippen molar-refractivity contribution in [3.63, 3.8) is 0 Å². The van der Waals surface area contributed by atoms with Crippen LogP contribution in [0.5, 0.6) is 0 Å². The molecule has 2 rings (SSSR count). The molecule has 0 amide bonds. The van der Waals surface area contributed by atoms with Crippen molar-refractivity contribution in [1.29, 1.82) is 0 Å². The summed E-state index contributed by atoms with van der Waals surface area (Å²) >= 11 is 5.15. The van der Waals surface area contributed by atoms with Crippen molar-refractivity contribution < 1.29 is 4.74 Å². The maximum Gasteiger partial charge on any atom is 0.0947 e. The predicted molar refractivity (Wildman–Crippen MR) is 79.3 cm³/mol. The summed E-state index contributed by atoms with van der Waals surface area (Å²) in [5, 5.41) is 7.41. The highest BCUT2D eigenvalue weighted by Crippen LogP contribution is 2.25. The van der Waals surface area contributed by atoms with Crippen LogP contribution < -0.4 is 5.73 Å². The predicted octanol–water partition coefficient (Wildman–Crippen LogP) is 2.30. The summed E-state index contributed by atoms with van der Waals surface area (Å²) in [6.07, 6.45) is 2.49. The van der Waals surface area contributed by atoms with Gasteiger partial charge < -0.3 is 10.5 Å². The Balaban J connectivity index is 2.13. The van der Waals surface area contributed by atoms with E-state index in [1.54, 1.807) is 24.6 Å². The van der Waals surface area contributed by atoms with E-state index >= 15 is 0 Å². The number of thiazole rings is 1. The van der Waals surface area contributed by atoms with Crippen LogP contribution in [0.15, 0.2) is 16.0 Å². The molecule has 0 fully saturated rings. The maximum absolute atomic E-state index is 6.29. The Kier molecular flexibility index (Phi) is 5.09. The Labute approximate surface area is 124 Å². The molecule has 2 heterocycles. The zero-order valence-corrected chi connectivity index (χ0v) is 13.4. The van der Waals surface area contributed by atoms with E-state index in [4.69, 9.17) is 10.5 Å². The number of aryl methyl sites for hydroxylation is 1. The third-order valence-corrected chi connectivity index (χ3v) is 4.35. The highest BCUT2D eigenvalue weighted by Gasteiger charge is 2.18. The lowest BCUT2D eigenvalue weighted by molar-refractivity contribution is 0.182. The van der Waals surface area contributed by atoms with Crippen molar-refractivity contribution in [2.75, 3.05) is 13.7 Å². The molecule has 0 saturated carbocycles. The molecule has 7 heteroatoms. The summed E-state index contributed by atoms with van der Waals surface area (Å²) in [5.41, 5.74) is 8.32. The van der Waals surface area contributed by atoms with Crippen molar-refractivity contribution in [3.05, 3.63) is 32.4 Å². The Bertz CT molecular complexity index is 540. The summed E-state index contributed by atoms with van der Waals surface area (Å²) in [4.78, 5) is 4.45. The minimum atomic E-state index is -0.126. The molecule has 2 N–H and O–H groups in total. The van der Waals surface area contributed by atoms with E-state index in [-0.39, 0.29) is 6.04 Å². The SMILES string of the molecule is COCCn1ncc(Br)c1C(N)Cc1nc(C)cs1. The molecule has 5 nitrogen and oxygen atoms in total. The molecule has 0 aliphatic heterocycles. The number of nitrogens with two attached hydrogens (primary N) is 1. The van der Waals surface area contributed by atoms with Crippen LogP contribution in [0.1, 0.15) is 22.4 Å². The zero-order chi connectivity index (χ0) is 13.8. The molecular weight excluding hydrogens is 328 g/mol. The molecule has 0 aliphatic carbocycles. The molecule has 19 heavy (non-hydrogen) atoms. The topological polar surface area (TPSA) is 66.0 Å². The van der Waals surface area contributed by atoms with E-state index in [2.05, 4.69) is 26.0 Å². The second kappa shape index (κ2) is 6.60. The van der Waals surface area contributed by atoms with Crippen LogP contribution in [-0.2, 0) is 17.7 Å². The summed E-state index contributed by atoms with van der Waals surface area (Å²) < 4.78 is 7.91. The second-order valence-electron chi connectivity index (χ2n) is 4.29. The van der Waals surface area contributed by atoms with Gasteiger partial charge >= 0.3 is 0 Å². The number of methoxy groups -OCH3 is 1. The van der Waals surface area contributed by atoms with Crippen LogP contribution in [0, 0.1) is 6.92 Å². The highest BCUT2D eigenvalue weighted by atomic mass is 79.9. The summed E-state index contributed by atoms with van der Waals surface area (Å²) in [6, 6.07) is -0.126. The number of hydrogen-bond acceptors (Lipinski definition) is 5. The van der Waals surface area contributed by atoms with Gasteiger partial charge in [-0.25, -0.2) is 4.98 Å². The van der Waals surface area contributed by atoms with Gasteiger partial charge in [0.2, 0.25) is 0 Å². The molecule has 0 saturated heterocycles. The van der Waals surface area contributed by atoms with Gasteiger partial charge in [0.05, 0.1) is 40.6 Å². The summed E-state index contributed by atoms with van der Waals surface area (Å²) in [6.45, 7) is 3.30. The molecule has 2 aromatic heterocycles. The Morgan fingerprint density at radius 1 is 1.58 bits per heavy atom. The normalized spacial score (nSPS) is 12.8. The second-order valence-corrected chi connectivity index (χ2v) is 6.08. The van der Waals surface area contributed by atoms with Gasteiger partial charge in [0.15, 0.2) is 0 Å². The fourth-order valence-electron chi connectivity index (χ4n) is 1.88. The van der Waals surface area contributed by atoms with Gasteiger partial charge in [-0.2, -0.15) is 5.10 Å². The number of ether oxygens (including phenoxy) is 1. The van der Waals surface area contributed by atoms with Gasteiger partial charge in [-0.05, 0) is 22.9 Å². The van der Waals surface area contributed by atoms with Crippen LogP contribution in [-0.4, -0.2) is 28.5 Å². The van der Waals surface area contributed by atoms with Crippen LogP contribution in [0.2, 0.25) is 0 Å². The molecule has 0 bridgehead atoms. The van der Waals surface area contributed by atoms with Crippen LogP contribution in [0.3, 0.4) is 0 Å². The van der Waals surface area contributed by atoms with Gasteiger partial charge in [0.1, 0.15) is 0 Å². The van der Waals surface area contributed by atoms with E-state index in [0.717, 1.165) is 27.3 Å². The van der Waals surface area contributed by atoms with Gasteiger partial charge in [-0.3, -0.25) is 4.68 Å². The minimum Gasteiger partial charge on any atom is -0.383 e. The first-order valence-electron chi connectivity index (χ1n) is 5.98. The van der Waals surface area contributed by atoms with Crippen LogP contribution in [0.25, 0.3) is 0 Å². The van der Waals surface area contributed by atoms with Crippen molar-refractivity contribution in [3.8, 4) is 0 Å². The number of aromatic nitrogens is 3. The average Bonchev–Trinajstić information content (AvgIpc) is 2.93. The quantitative estimate of drug-likeness (QED) is 0.872. The van der Waals surface area contributed by atoms with Gasteiger partial charge in [0, 0.05) is 24.6 Å². The number of rotatable bonds is 6. The fourth-order valence-corrected chi connectivity index (χ4v) is 3.30. The van der Waals surface area contributed by atoms with Gasteiger partial charge in [0.25, 0.3) is 0 Å². The van der Waals surface area contributed by atoms with Crippen LogP contribution in [0.4, 0.5) is 0 Å². The first-order chi connectivity index (χ1) is 9.11. The first-order valence-corrected chi connectivity index (χ1v) is 7.65. The standard InChI is InChI=1S/C12H17BrN4OS/c1-8-7-19-11(16-8)5-10(14)12-9(13)6-15-17(12)3-4-18-2/h6-7,10H,3-5,14H2,1-2H3. The van der Waals surface area contributed by atoms with Crippen molar-refractivity contribution in [2.45, 2.75) is 25.9 Å². The zero-order valence-electron chi connectivity index (χ0n) is 11.0. The minimum absolute atomic E-state index is 0.126. The molecule has 1 unspecified atom stereocenters. The van der Waals surface area contributed by atoms with Gasteiger partial charge in [-0.1, -0.05) is 0 Å². The lowest BCUT2D eigenvalue weighted by Crippen LogP contribution is -2.20. The first kappa shape index (κ1) is 14.6. The van der Waals surface area contributed by atoms with Crippen molar-refractivity contribution >= 4 is 27.3 Å². The lowest BCUT2D eigenvalue weighted by Gasteiger charge is -2.14. The molecule has 0 spiro atoms. The van der Waals surface area contributed by atoms with Crippen LogP contribution >= 0.6 is 27.3 Å².